The monoisotopic (exact) mass is 968 g/mol. The van der Waals surface area contributed by atoms with Crippen LogP contribution in [0, 0.1) is 45.2 Å². The Bertz CT molecular complexity index is 2640. The van der Waals surface area contributed by atoms with E-state index in [1.165, 1.54) is 16.7 Å². The summed E-state index contributed by atoms with van der Waals surface area (Å²) in [6, 6.07) is 28.8. The van der Waals surface area contributed by atoms with Gasteiger partial charge in [0.1, 0.15) is 22.9 Å². The van der Waals surface area contributed by atoms with Crippen LogP contribution in [0.1, 0.15) is 147 Å². The number of anilines is 3. The van der Waals surface area contributed by atoms with E-state index >= 15 is 0 Å². The van der Waals surface area contributed by atoms with Crippen LogP contribution in [0.3, 0.4) is 0 Å². The Morgan fingerprint density at radius 1 is 0.746 bits per heavy atom. The average molecular weight is 969 g/mol. The molecule has 0 spiro atoms. The molecule has 6 heteroatoms. The number of pyridine rings is 1. The average Bonchev–Trinajstić information content (AvgIpc) is 3.55. The molecule has 0 saturated heterocycles. The Labute approximate surface area is 371 Å². The van der Waals surface area contributed by atoms with Crippen LogP contribution in [-0.4, -0.2) is 16.5 Å². The van der Waals surface area contributed by atoms with Gasteiger partial charge in [-0.25, -0.2) is 4.98 Å². The van der Waals surface area contributed by atoms with Crippen molar-refractivity contribution in [3.05, 3.63) is 140 Å². The molecular weight excluding hydrogens is 906 g/mol. The third-order valence-corrected chi connectivity index (χ3v) is 12.9. The van der Waals surface area contributed by atoms with Gasteiger partial charge in [-0.15, -0.1) is 28.8 Å². The SMILES string of the molecule is [2H]C1([2H])c2cc(C)c(C)cc2[C@@]2(C)N=C(c3[c-]c(Oc4[c-]c5c(cc4C)C(C)(C)c4cc(C)ccc4N5c4cc(C(C)(C)C)ccn4)cc(C(C)(C)C)c3)O[C@@]12C(C)(C)C.[Pt+2]. The van der Waals surface area contributed by atoms with Gasteiger partial charge in [-0.1, -0.05) is 136 Å². The molecule has 0 unspecified atom stereocenters. The van der Waals surface area contributed by atoms with Crippen molar-refractivity contribution >= 4 is 23.1 Å². The zero-order valence-electron chi connectivity index (χ0n) is 39.8. The van der Waals surface area contributed by atoms with Gasteiger partial charge >= 0.3 is 21.1 Å². The molecule has 0 N–H and O–H groups in total. The predicted molar refractivity (Wildman–Crippen MR) is 239 cm³/mol. The molecule has 8 rings (SSSR count). The van der Waals surface area contributed by atoms with Crippen LogP contribution >= 0.6 is 0 Å². The van der Waals surface area contributed by atoms with Gasteiger partial charge in [0.25, 0.3) is 0 Å². The predicted octanol–water partition coefficient (Wildman–Crippen LogP) is 13.4. The van der Waals surface area contributed by atoms with Gasteiger partial charge in [-0.2, -0.15) is 6.07 Å². The summed E-state index contributed by atoms with van der Waals surface area (Å²) in [5, 5.41) is 0. The van der Waals surface area contributed by atoms with E-state index in [-0.39, 0.29) is 37.3 Å². The number of nitrogens with zero attached hydrogens (tertiary/aromatic N) is 3. The maximum atomic E-state index is 9.80. The third-order valence-electron chi connectivity index (χ3n) is 12.9. The van der Waals surface area contributed by atoms with E-state index in [0.29, 0.717) is 28.5 Å². The molecule has 1 aromatic heterocycles. The van der Waals surface area contributed by atoms with Crippen molar-refractivity contribution in [1.29, 1.82) is 0 Å². The van der Waals surface area contributed by atoms with Crippen molar-refractivity contribution in [3.63, 3.8) is 0 Å². The molecule has 5 aromatic rings. The van der Waals surface area contributed by atoms with Gasteiger partial charge in [0.05, 0.1) is 0 Å². The zero-order chi connectivity index (χ0) is 43.9. The first-order chi connectivity index (χ1) is 27.6. The Balaban J connectivity index is 0.00000561. The topological polar surface area (TPSA) is 47.0 Å². The van der Waals surface area contributed by atoms with Gasteiger partial charge < -0.3 is 14.4 Å². The Morgan fingerprint density at radius 2 is 1.41 bits per heavy atom. The van der Waals surface area contributed by atoms with E-state index in [4.69, 9.17) is 19.5 Å². The fraction of sp³-hybridized carbons (Fsp3) is 0.434. The van der Waals surface area contributed by atoms with Crippen LogP contribution in [0.25, 0.3) is 0 Å². The summed E-state index contributed by atoms with van der Waals surface area (Å²) < 4.78 is 33.6. The summed E-state index contributed by atoms with van der Waals surface area (Å²) in [6.45, 7) is 34.3. The van der Waals surface area contributed by atoms with Crippen molar-refractivity contribution in [3.8, 4) is 11.5 Å². The van der Waals surface area contributed by atoms with Crippen LogP contribution in [-0.2, 0) is 54.0 Å². The molecule has 5 nitrogen and oxygen atoms in total. The first kappa shape index (κ1) is 40.2. The maximum Gasteiger partial charge on any atom is 2.00 e. The molecule has 0 radical (unpaired) electrons. The van der Waals surface area contributed by atoms with Crippen molar-refractivity contribution in [2.75, 3.05) is 4.90 Å². The van der Waals surface area contributed by atoms with Gasteiger partial charge in [-0.3, -0.25) is 4.99 Å². The molecule has 0 amide bonds. The minimum atomic E-state index is -1.84. The van der Waals surface area contributed by atoms with Crippen LogP contribution in [0.15, 0.2) is 71.9 Å². The Hall–Kier alpha value is -4.21. The molecule has 0 fully saturated rings. The largest absolute Gasteiger partial charge is 2.00 e. The number of hydrogen-bond donors (Lipinski definition) is 0. The Morgan fingerprint density at radius 3 is 2.07 bits per heavy atom. The molecule has 2 atom stereocenters. The van der Waals surface area contributed by atoms with Crippen molar-refractivity contribution in [1.82, 2.24) is 4.98 Å². The summed E-state index contributed by atoms with van der Waals surface area (Å²) in [7, 11) is 0. The molecule has 3 aliphatic rings. The number of rotatable bonds is 4. The number of benzene rings is 4. The van der Waals surface area contributed by atoms with Gasteiger partial charge in [0.15, 0.2) is 0 Å². The quantitative estimate of drug-likeness (QED) is 0.168. The maximum absolute atomic E-state index is 9.80. The smallest absolute Gasteiger partial charge is 0.510 e. The fourth-order valence-electron chi connectivity index (χ4n) is 9.14. The minimum absolute atomic E-state index is 0. The molecule has 59 heavy (non-hydrogen) atoms. The van der Waals surface area contributed by atoms with E-state index in [2.05, 4.69) is 162 Å². The molecule has 0 saturated carbocycles. The normalized spacial score (nSPS) is 21.8. The van der Waals surface area contributed by atoms with Gasteiger partial charge in [0, 0.05) is 37.9 Å². The number of aromatic nitrogens is 1. The van der Waals surface area contributed by atoms with Crippen LogP contribution < -0.4 is 9.64 Å². The number of hydrogen-bond acceptors (Lipinski definition) is 5. The van der Waals surface area contributed by atoms with E-state index in [1.54, 1.807) is 0 Å². The van der Waals surface area contributed by atoms with E-state index in [9.17, 15) is 2.74 Å². The van der Waals surface area contributed by atoms with Crippen LogP contribution in [0.2, 0.25) is 0 Å². The summed E-state index contributed by atoms with van der Waals surface area (Å²) >= 11 is 0. The molecule has 3 heterocycles. The van der Waals surface area contributed by atoms with Crippen LogP contribution in [0.4, 0.5) is 17.2 Å². The number of fused-ring (bicyclic) bond motifs is 5. The summed E-state index contributed by atoms with van der Waals surface area (Å²) in [5.41, 5.74) is 9.38. The summed E-state index contributed by atoms with van der Waals surface area (Å²) in [6.07, 6.45) is 0.0647. The van der Waals surface area contributed by atoms with E-state index < -0.39 is 22.9 Å². The van der Waals surface area contributed by atoms with Crippen molar-refractivity contribution in [2.45, 2.75) is 145 Å². The second-order valence-electron chi connectivity index (χ2n) is 20.8. The minimum Gasteiger partial charge on any atom is -0.510 e. The summed E-state index contributed by atoms with van der Waals surface area (Å²) in [5.74, 6) is 2.29. The van der Waals surface area contributed by atoms with Crippen LogP contribution in [0.5, 0.6) is 11.5 Å². The molecule has 2 aliphatic heterocycles. The molecule has 310 valence electrons. The second kappa shape index (κ2) is 13.9. The molecular formula is C53H61N3O2Pt. The fourth-order valence-corrected chi connectivity index (χ4v) is 9.14. The Kier molecular flexibility index (Phi) is 9.48. The van der Waals surface area contributed by atoms with Crippen molar-refractivity contribution < 1.29 is 33.3 Å². The summed E-state index contributed by atoms with van der Waals surface area (Å²) in [4.78, 5) is 12.6. The number of aliphatic imine (C=N–C) groups is 1. The number of aryl methyl sites for hydroxylation is 4. The van der Waals surface area contributed by atoms with Crippen molar-refractivity contribution in [2.24, 2.45) is 10.4 Å². The van der Waals surface area contributed by atoms with Gasteiger partial charge in [-0.05, 0) is 95.5 Å². The van der Waals surface area contributed by atoms with E-state index in [1.807, 2.05) is 32.2 Å². The zero-order valence-corrected chi connectivity index (χ0v) is 40.1. The van der Waals surface area contributed by atoms with Gasteiger partial charge in [0.2, 0.25) is 0 Å². The molecule has 4 aromatic carbocycles. The van der Waals surface area contributed by atoms with E-state index in [0.717, 1.165) is 50.6 Å². The third kappa shape index (κ3) is 6.79. The molecule has 0 bridgehead atoms. The first-order valence-corrected chi connectivity index (χ1v) is 20.7. The molecule has 1 aliphatic carbocycles. The number of ether oxygens (including phenoxy) is 2. The second-order valence-corrected chi connectivity index (χ2v) is 20.8. The first-order valence-electron chi connectivity index (χ1n) is 21.7. The standard InChI is InChI=1S/C53H61N3O2.Pt/c1-31-17-18-43-41(21-31)51(14,15)42-24-34(4)45(29-44(42)56(43)46-28-37(19-20-54-46)48(5,6)7)57-39-26-35(25-38(27-39)49(8,9)10)47-55-52(16)40-23-33(3)32(2)22-36(40)30-53(52,58-47)50(11,12)13;/h17-25,27-28H,30H2,1-16H3;/q-2;+2/t52-,53-;/m1./s1/i30D2;.